The second-order valence-electron chi connectivity index (χ2n) is 5.21. The van der Waals surface area contributed by atoms with Gasteiger partial charge in [0.25, 0.3) is 0 Å². The first-order chi connectivity index (χ1) is 7.49. The van der Waals surface area contributed by atoms with E-state index in [1.54, 1.807) is 6.07 Å². The van der Waals surface area contributed by atoms with E-state index in [1.165, 1.54) is 5.56 Å². The van der Waals surface area contributed by atoms with E-state index in [9.17, 15) is 5.11 Å². The molecule has 2 nitrogen and oxygen atoms in total. The highest BCUT2D eigenvalue weighted by Crippen LogP contribution is 2.47. The number of hydrogen-bond donors (Lipinski definition) is 2. The third-order valence-electron chi connectivity index (χ3n) is 4.47. The van der Waals surface area contributed by atoms with Crippen LogP contribution in [0.25, 0.3) is 0 Å². The third-order valence-corrected chi connectivity index (χ3v) is 4.47. The van der Waals surface area contributed by atoms with Gasteiger partial charge in [-0.05, 0) is 36.8 Å². The summed E-state index contributed by atoms with van der Waals surface area (Å²) in [7, 11) is 0. The van der Waals surface area contributed by atoms with E-state index in [0.717, 1.165) is 12.1 Å². The third kappa shape index (κ3) is 1.48. The van der Waals surface area contributed by atoms with Crippen molar-refractivity contribution >= 4 is 5.69 Å². The van der Waals surface area contributed by atoms with Crippen LogP contribution in [0.3, 0.4) is 0 Å². The minimum absolute atomic E-state index is 0.0747. The smallest absolute Gasteiger partial charge is 0.138 e. The molecule has 16 heavy (non-hydrogen) atoms. The Kier molecular flexibility index (Phi) is 2.61. The largest absolute Gasteiger partial charge is 0.506 e. The molecule has 1 aliphatic rings. The van der Waals surface area contributed by atoms with Crippen molar-refractivity contribution in [1.82, 2.24) is 0 Å². The van der Waals surface area contributed by atoms with Crippen molar-refractivity contribution in [2.45, 2.75) is 45.6 Å². The maximum absolute atomic E-state index is 9.93. The molecule has 1 aliphatic heterocycles. The van der Waals surface area contributed by atoms with Crippen LogP contribution in [0.4, 0.5) is 5.69 Å². The summed E-state index contributed by atoms with van der Waals surface area (Å²) in [6.45, 7) is 8.97. The summed E-state index contributed by atoms with van der Waals surface area (Å²) in [5, 5.41) is 13.4. The SMILES string of the molecule is CCC1(C)Nc2c(O)cccc2C(C)C1C. The topological polar surface area (TPSA) is 32.3 Å². The number of hydrogen-bond acceptors (Lipinski definition) is 2. The summed E-state index contributed by atoms with van der Waals surface area (Å²) < 4.78 is 0. The zero-order valence-electron chi connectivity index (χ0n) is 10.5. The highest BCUT2D eigenvalue weighted by molar-refractivity contribution is 5.65. The second-order valence-corrected chi connectivity index (χ2v) is 5.21. The van der Waals surface area contributed by atoms with Gasteiger partial charge in [0.1, 0.15) is 5.75 Å². The van der Waals surface area contributed by atoms with Gasteiger partial charge >= 0.3 is 0 Å². The molecule has 0 aromatic heterocycles. The monoisotopic (exact) mass is 219 g/mol. The van der Waals surface area contributed by atoms with Crippen molar-refractivity contribution in [1.29, 1.82) is 0 Å². The molecule has 1 aromatic rings. The molecule has 2 N–H and O–H groups in total. The molecule has 88 valence electrons. The van der Waals surface area contributed by atoms with E-state index in [-0.39, 0.29) is 5.54 Å². The Labute approximate surface area is 97.7 Å². The molecule has 1 aromatic carbocycles. The van der Waals surface area contributed by atoms with E-state index in [2.05, 4.69) is 39.1 Å². The quantitative estimate of drug-likeness (QED) is 0.705. The van der Waals surface area contributed by atoms with Crippen molar-refractivity contribution in [2.24, 2.45) is 5.92 Å². The van der Waals surface area contributed by atoms with E-state index in [0.29, 0.717) is 17.6 Å². The van der Waals surface area contributed by atoms with Crippen LogP contribution in [0.15, 0.2) is 18.2 Å². The second kappa shape index (κ2) is 3.69. The highest BCUT2D eigenvalue weighted by atomic mass is 16.3. The first kappa shape index (κ1) is 11.3. The first-order valence-corrected chi connectivity index (χ1v) is 6.09. The van der Waals surface area contributed by atoms with Gasteiger partial charge < -0.3 is 10.4 Å². The summed E-state index contributed by atoms with van der Waals surface area (Å²) in [6.07, 6.45) is 1.06. The predicted molar refractivity (Wildman–Crippen MR) is 68.0 cm³/mol. The average Bonchev–Trinajstić information content (AvgIpc) is 2.28. The fourth-order valence-corrected chi connectivity index (χ4v) is 2.70. The molecule has 0 amide bonds. The Morgan fingerprint density at radius 1 is 1.38 bits per heavy atom. The summed E-state index contributed by atoms with van der Waals surface area (Å²) >= 11 is 0. The van der Waals surface area contributed by atoms with Gasteiger partial charge in [0.05, 0.1) is 5.69 Å². The van der Waals surface area contributed by atoms with Crippen molar-refractivity contribution in [3.05, 3.63) is 23.8 Å². The van der Waals surface area contributed by atoms with Gasteiger partial charge in [-0.2, -0.15) is 0 Å². The lowest BCUT2D eigenvalue weighted by molar-refractivity contribution is 0.282. The zero-order chi connectivity index (χ0) is 11.9. The van der Waals surface area contributed by atoms with Gasteiger partial charge in [-0.25, -0.2) is 0 Å². The van der Waals surface area contributed by atoms with Gasteiger partial charge in [0.2, 0.25) is 0 Å². The minimum Gasteiger partial charge on any atom is -0.506 e. The van der Waals surface area contributed by atoms with Gasteiger partial charge in [0, 0.05) is 5.54 Å². The fraction of sp³-hybridized carbons (Fsp3) is 0.571. The molecule has 2 heteroatoms. The maximum atomic E-state index is 9.93. The van der Waals surface area contributed by atoms with Crippen LogP contribution in [0.2, 0.25) is 0 Å². The molecule has 0 bridgehead atoms. The molecule has 0 aliphatic carbocycles. The van der Waals surface area contributed by atoms with E-state index in [4.69, 9.17) is 0 Å². The van der Waals surface area contributed by atoms with Crippen LogP contribution in [0, 0.1) is 5.92 Å². The molecule has 0 saturated carbocycles. The highest BCUT2D eigenvalue weighted by Gasteiger charge is 2.39. The Balaban J connectivity index is 2.53. The van der Waals surface area contributed by atoms with E-state index in [1.807, 2.05) is 6.07 Å². The molecule has 2 rings (SSSR count). The lowest BCUT2D eigenvalue weighted by Crippen LogP contribution is -2.46. The number of aromatic hydroxyl groups is 1. The Hall–Kier alpha value is -1.18. The van der Waals surface area contributed by atoms with Crippen LogP contribution in [-0.2, 0) is 0 Å². The van der Waals surface area contributed by atoms with Crippen LogP contribution in [-0.4, -0.2) is 10.6 Å². The summed E-state index contributed by atoms with van der Waals surface area (Å²) in [5.41, 5.74) is 2.24. The number of phenols is 1. The van der Waals surface area contributed by atoms with Crippen molar-refractivity contribution in [2.75, 3.05) is 5.32 Å². The normalized spacial score (nSPS) is 33.0. The molecule has 3 atom stereocenters. The molecule has 3 unspecified atom stereocenters. The average molecular weight is 219 g/mol. The number of phenolic OH excluding ortho intramolecular Hbond substituents is 1. The molecule has 1 heterocycles. The molecule has 0 radical (unpaired) electrons. The van der Waals surface area contributed by atoms with E-state index < -0.39 is 0 Å². The number of benzene rings is 1. The van der Waals surface area contributed by atoms with Gasteiger partial charge in [-0.15, -0.1) is 0 Å². The molecule has 0 fully saturated rings. The Morgan fingerprint density at radius 2 is 2.06 bits per heavy atom. The van der Waals surface area contributed by atoms with Gasteiger partial charge in [-0.3, -0.25) is 0 Å². The zero-order valence-corrected chi connectivity index (χ0v) is 10.5. The van der Waals surface area contributed by atoms with Crippen LogP contribution >= 0.6 is 0 Å². The fourth-order valence-electron chi connectivity index (χ4n) is 2.70. The lowest BCUT2D eigenvalue weighted by atomic mass is 9.71. The Bertz CT molecular complexity index is 402. The summed E-state index contributed by atoms with van der Waals surface area (Å²) in [5.74, 6) is 1.41. The summed E-state index contributed by atoms with van der Waals surface area (Å²) in [6, 6.07) is 5.79. The molecular weight excluding hydrogens is 198 g/mol. The van der Waals surface area contributed by atoms with E-state index >= 15 is 0 Å². The minimum atomic E-state index is 0.0747. The number of anilines is 1. The van der Waals surface area contributed by atoms with Crippen LogP contribution in [0.1, 0.15) is 45.6 Å². The number of nitrogens with one attached hydrogen (secondary N) is 1. The number of rotatable bonds is 1. The number of fused-ring (bicyclic) bond motifs is 1. The lowest BCUT2D eigenvalue weighted by Gasteiger charge is -2.45. The van der Waals surface area contributed by atoms with Crippen LogP contribution in [0.5, 0.6) is 5.75 Å². The molecule has 0 saturated heterocycles. The predicted octanol–water partition coefficient (Wildman–Crippen LogP) is 3.73. The van der Waals surface area contributed by atoms with Crippen molar-refractivity contribution in [3.8, 4) is 5.75 Å². The molecular formula is C14H21NO. The van der Waals surface area contributed by atoms with Crippen molar-refractivity contribution < 1.29 is 5.11 Å². The van der Waals surface area contributed by atoms with Gasteiger partial charge in [0.15, 0.2) is 0 Å². The first-order valence-electron chi connectivity index (χ1n) is 6.09. The molecule has 0 spiro atoms. The standard InChI is InChI=1S/C14H21NO/c1-5-14(4)10(3)9(2)11-7-6-8-12(16)13(11)15-14/h6-10,15-16H,5H2,1-4H3. The maximum Gasteiger partial charge on any atom is 0.138 e. The van der Waals surface area contributed by atoms with Gasteiger partial charge in [-0.1, -0.05) is 32.9 Å². The van der Waals surface area contributed by atoms with Crippen molar-refractivity contribution in [3.63, 3.8) is 0 Å². The van der Waals surface area contributed by atoms with Crippen LogP contribution < -0.4 is 5.32 Å². The Morgan fingerprint density at radius 3 is 2.69 bits per heavy atom. The number of para-hydroxylation sites is 1. The summed E-state index contributed by atoms with van der Waals surface area (Å²) in [4.78, 5) is 0.